The number of hydrazone groups is 1. The van der Waals surface area contributed by atoms with Crippen LogP contribution in [-0.2, 0) is 0 Å². The van der Waals surface area contributed by atoms with Crippen molar-refractivity contribution in [1.29, 1.82) is 0 Å². The highest BCUT2D eigenvalue weighted by Gasteiger charge is 2.10. The van der Waals surface area contributed by atoms with Gasteiger partial charge in [0.05, 0.1) is 11.2 Å². The lowest BCUT2D eigenvalue weighted by Gasteiger charge is -1.99. The van der Waals surface area contributed by atoms with E-state index in [9.17, 15) is 0 Å². The zero-order valence-electron chi connectivity index (χ0n) is 12.7. The average molecular weight is 322 g/mol. The average Bonchev–Trinajstić information content (AvgIpc) is 3.20. The van der Waals surface area contributed by atoms with Gasteiger partial charge in [-0.25, -0.2) is 5.43 Å². The van der Waals surface area contributed by atoms with Crippen molar-refractivity contribution in [2.75, 3.05) is 5.43 Å². The van der Waals surface area contributed by atoms with E-state index in [1.54, 1.807) is 11.3 Å². The summed E-state index contributed by atoms with van der Waals surface area (Å²) in [5, 5.41) is 15.8. The van der Waals surface area contributed by atoms with Crippen molar-refractivity contribution < 1.29 is 0 Å². The minimum atomic E-state index is 0.373. The predicted molar refractivity (Wildman–Crippen MR) is 94.1 cm³/mol. The second-order valence-electron chi connectivity index (χ2n) is 5.24. The van der Waals surface area contributed by atoms with Crippen molar-refractivity contribution in [2.24, 2.45) is 5.10 Å². The third-order valence-corrected chi connectivity index (χ3v) is 4.64. The van der Waals surface area contributed by atoms with Crippen molar-refractivity contribution in [3.05, 3.63) is 46.2 Å². The minimum Gasteiger partial charge on any atom is -0.337 e. The third kappa shape index (κ3) is 2.44. The highest BCUT2D eigenvalue weighted by molar-refractivity contribution is 7.12. The molecule has 0 fully saturated rings. The summed E-state index contributed by atoms with van der Waals surface area (Å²) in [5.41, 5.74) is 7.43. The van der Waals surface area contributed by atoms with E-state index in [0.717, 1.165) is 32.6 Å². The number of H-pyrrole nitrogens is 1. The number of anilines is 1. The molecular weight excluding hydrogens is 308 g/mol. The molecular formula is C16H14N6S. The lowest BCUT2D eigenvalue weighted by atomic mass is 10.1. The van der Waals surface area contributed by atoms with Crippen LogP contribution in [0.3, 0.4) is 0 Å². The van der Waals surface area contributed by atoms with Gasteiger partial charge in [0.25, 0.3) is 5.95 Å². The van der Waals surface area contributed by atoms with E-state index in [2.05, 4.69) is 43.7 Å². The minimum absolute atomic E-state index is 0.373. The Hall–Kier alpha value is -2.80. The molecule has 0 saturated carbocycles. The van der Waals surface area contributed by atoms with Crippen LogP contribution in [0, 0.1) is 6.92 Å². The standard InChI is InChI=1S/C16H14N6S/c1-9-5-3-6-11-13(9)17-15-14(11)20-22-16(18-15)21-19-10(2)12-7-4-8-23-12/h3-8H,1-2H3,(H2,17,18,21,22). The van der Waals surface area contributed by atoms with E-state index in [1.807, 2.05) is 36.6 Å². The molecule has 6 nitrogen and oxygen atoms in total. The van der Waals surface area contributed by atoms with Crippen LogP contribution < -0.4 is 5.43 Å². The Labute approximate surface area is 136 Å². The molecule has 7 heteroatoms. The lowest BCUT2D eigenvalue weighted by Crippen LogP contribution is -2.02. The summed E-state index contributed by atoms with van der Waals surface area (Å²) in [6.07, 6.45) is 0. The number of nitrogens with one attached hydrogen (secondary N) is 2. The second kappa shape index (κ2) is 5.44. The van der Waals surface area contributed by atoms with E-state index < -0.39 is 0 Å². The van der Waals surface area contributed by atoms with Gasteiger partial charge in [0.2, 0.25) is 0 Å². The first-order valence-electron chi connectivity index (χ1n) is 7.18. The van der Waals surface area contributed by atoms with Crippen LogP contribution in [0.25, 0.3) is 22.1 Å². The highest BCUT2D eigenvalue weighted by atomic mass is 32.1. The maximum Gasteiger partial charge on any atom is 0.265 e. The molecule has 4 rings (SSSR count). The molecule has 114 valence electrons. The van der Waals surface area contributed by atoms with Crippen molar-refractivity contribution in [3.63, 3.8) is 0 Å². The summed E-state index contributed by atoms with van der Waals surface area (Å²) in [7, 11) is 0. The number of fused-ring (bicyclic) bond motifs is 3. The summed E-state index contributed by atoms with van der Waals surface area (Å²) in [4.78, 5) is 8.87. The van der Waals surface area contributed by atoms with Crippen molar-refractivity contribution >= 4 is 45.1 Å². The van der Waals surface area contributed by atoms with E-state index in [4.69, 9.17) is 0 Å². The topological polar surface area (TPSA) is 78.8 Å². The monoisotopic (exact) mass is 322 g/mol. The fourth-order valence-electron chi connectivity index (χ4n) is 2.46. The molecule has 0 saturated heterocycles. The van der Waals surface area contributed by atoms with Gasteiger partial charge in [0.15, 0.2) is 5.65 Å². The van der Waals surface area contributed by atoms with Crippen molar-refractivity contribution in [1.82, 2.24) is 20.2 Å². The third-order valence-electron chi connectivity index (χ3n) is 3.66. The first kappa shape index (κ1) is 13.8. The van der Waals surface area contributed by atoms with Crippen LogP contribution in [0.4, 0.5) is 5.95 Å². The molecule has 0 radical (unpaired) electrons. The largest absolute Gasteiger partial charge is 0.337 e. The van der Waals surface area contributed by atoms with Crippen LogP contribution >= 0.6 is 11.3 Å². The molecule has 0 bridgehead atoms. The maximum absolute atomic E-state index is 4.46. The quantitative estimate of drug-likeness (QED) is 0.445. The number of hydrogen-bond acceptors (Lipinski definition) is 6. The SMILES string of the molecule is CC(=NNc1nnc2c(n1)[nH]c1c(C)cccc12)c1cccs1. The van der Waals surface area contributed by atoms with Gasteiger partial charge in [-0.2, -0.15) is 10.1 Å². The highest BCUT2D eigenvalue weighted by Crippen LogP contribution is 2.24. The number of aryl methyl sites for hydroxylation is 1. The van der Waals surface area contributed by atoms with Crippen LogP contribution in [0.5, 0.6) is 0 Å². The maximum atomic E-state index is 4.46. The number of hydrogen-bond donors (Lipinski definition) is 2. The molecule has 23 heavy (non-hydrogen) atoms. The Morgan fingerprint density at radius 1 is 1.22 bits per heavy atom. The first-order valence-corrected chi connectivity index (χ1v) is 8.06. The summed E-state index contributed by atoms with van der Waals surface area (Å²) in [5.74, 6) is 0.373. The molecule has 2 N–H and O–H groups in total. The molecule has 4 aromatic rings. The molecule has 1 aromatic carbocycles. The molecule has 3 aromatic heterocycles. The van der Waals surface area contributed by atoms with Crippen LogP contribution in [-0.4, -0.2) is 25.9 Å². The van der Waals surface area contributed by atoms with Gasteiger partial charge in [-0.05, 0) is 30.9 Å². The molecule has 0 aliphatic rings. The molecule has 0 unspecified atom stereocenters. The number of rotatable bonds is 3. The molecule has 0 amide bonds. The number of aromatic amines is 1. The molecule has 0 aliphatic carbocycles. The Bertz CT molecular complexity index is 1020. The van der Waals surface area contributed by atoms with Gasteiger partial charge in [-0.3, -0.25) is 0 Å². The smallest absolute Gasteiger partial charge is 0.265 e. The number of benzene rings is 1. The summed E-state index contributed by atoms with van der Waals surface area (Å²) >= 11 is 1.64. The number of aromatic nitrogens is 4. The number of thiophene rings is 1. The van der Waals surface area contributed by atoms with Gasteiger partial charge in [0, 0.05) is 10.3 Å². The van der Waals surface area contributed by atoms with Crippen molar-refractivity contribution in [2.45, 2.75) is 13.8 Å². The van der Waals surface area contributed by atoms with Gasteiger partial charge in [-0.1, -0.05) is 24.3 Å². The fraction of sp³-hybridized carbons (Fsp3) is 0.125. The number of para-hydroxylation sites is 1. The van der Waals surface area contributed by atoms with Crippen LogP contribution in [0.2, 0.25) is 0 Å². The van der Waals surface area contributed by atoms with Gasteiger partial charge >= 0.3 is 0 Å². The first-order chi connectivity index (χ1) is 11.2. The second-order valence-corrected chi connectivity index (χ2v) is 6.19. The summed E-state index contributed by atoms with van der Waals surface area (Å²) < 4.78 is 0. The Balaban J connectivity index is 1.70. The van der Waals surface area contributed by atoms with Crippen LogP contribution in [0.1, 0.15) is 17.4 Å². The van der Waals surface area contributed by atoms with Gasteiger partial charge in [-0.15, -0.1) is 21.5 Å². The Morgan fingerprint density at radius 3 is 2.96 bits per heavy atom. The van der Waals surface area contributed by atoms with Crippen molar-refractivity contribution in [3.8, 4) is 0 Å². The molecule has 0 aliphatic heterocycles. The van der Waals surface area contributed by atoms with Gasteiger partial charge < -0.3 is 4.98 Å². The molecule has 3 heterocycles. The lowest BCUT2D eigenvalue weighted by molar-refractivity contribution is 1.01. The normalized spacial score (nSPS) is 12.2. The Kier molecular flexibility index (Phi) is 3.27. The fourth-order valence-corrected chi connectivity index (χ4v) is 3.14. The van der Waals surface area contributed by atoms with E-state index in [0.29, 0.717) is 11.6 Å². The predicted octanol–water partition coefficient (Wildman–Crippen LogP) is 3.71. The summed E-state index contributed by atoms with van der Waals surface area (Å²) in [6.45, 7) is 4.00. The Morgan fingerprint density at radius 2 is 2.13 bits per heavy atom. The zero-order valence-corrected chi connectivity index (χ0v) is 13.5. The van der Waals surface area contributed by atoms with E-state index in [-0.39, 0.29) is 0 Å². The molecule has 0 spiro atoms. The van der Waals surface area contributed by atoms with E-state index in [1.165, 1.54) is 0 Å². The number of nitrogens with zero attached hydrogens (tertiary/aromatic N) is 4. The molecule has 0 atom stereocenters. The van der Waals surface area contributed by atoms with Gasteiger partial charge in [0.1, 0.15) is 5.52 Å². The van der Waals surface area contributed by atoms with Crippen LogP contribution in [0.15, 0.2) is 40.8 Å². The zero-order chi connectivity index (χ0) is 15.8. The van der Waals surface area contributed by atoms with E-state index >= 15 is 0 Å². The summed E-state index contributed by atoms with van der Waals surface area (Å²) in [6, 6.07) is 10.1.